The molecule has 0 radical (unpaired) electrons. The Bertz CT molecular complexity index is 624. The Hall–Kier alpha value is -2.34. The zero-order chi connectivity index (χ0) is 13.8. The van der Waals surface area contributed by atoms with Crippen molar-refractivity contribution in [3.05, 3.63) is 47.4 Å². The van der Waals surface area contributed by atoms with Gasteiger partial charge in [-0.3, -0.25) is 4.79 Å². The van der Waals surface area contributed by atoms with Crippen molar-refractivity contribution in [1.82, 2.24) is 9.55 Å². The summed E-state index contributed by atoms with van der Waals surface area (Å²) in [4.78, 5) is 26.6. The van der Waals surface area contributed by atoms with Crippen molar-refractivity contribution >= 4 is 29.3 Å². The number of anilines is 1. The molecule has 0 fully saturated rings. The van der Waals surface area contributed by atoms with Crippen molar-refractivity contribution in [1.29, 1.82) is 0 Å². The molecular formula is C12H10ClN3O3. The number of hydrogen-bond donors (Lipinski definition) is 2. The number of halogens is 1. The van der Waals surface area contributed by atoms with E-state index in [9.17, 15) is 9.59 Å². The highest BCUT2D eigenvalue weighted by Crippen LogP contribution is 2.17. The Kier molecular flexibility index (Phi) is 3.82. The van der Waals surface area contributed by atoms with Crippen molar-refractivity contribution in [3.63, 3.8) is 0 Å². The zero-order valence-electron chi connectivity index (χ0n) is 9.71. The fraction of sp³-hybridized carbons (Fsp3) is 0.0833. The van der Waals surface area contributed by atoms with E-state index in [2.05, 4.69) is 10.3 Å². The lowest BCUT2D eigenvalue weighted by Gasteiger charge is -2.08. The number of carbonyl (C=O) groups is 2. The Morgan fingerprint density at radius 3 is 2.84 bits per heavy atom. The van der Waals surface area contributed by atoms with E-state index in [4.69, 9.17) is 16.7 Å². The molecule has 0 aliphatic carbocycles. The number of carboxylic acid groups (broad SMARTS) is 1. The number of nitrogens with one attached hydrogen (secondary N) is 1. The van der Waals surface area contributed by atoms with Gasteiger partial charge in [-0.1, -0.05) is 11.6 Å². The lowest BCUT2D eigenvalue weighted by atomic mass is 10.4. The first-order valence-corrected chi connectivity index (χ1v) is 5.74. The van der Waals surface area contributed by atoms with Gasteiger partial charge in [0.1, 0.15) is 12.2 Å². The second-order valence-electron chi connectivity index (χ2n) is 3.71. The lowest BCUT2D eigenvalue weighted by molar-refractivity contribution is -0.116. The molecule has 0 saturated heterocycles. The minimum Gasteiger partial charge on any atom is -0.477 e. The number of aromatic nitrogens is 2. The molecule has 98 valence electrons. The summed E-state index contributed by atoms with van der Waals surface area (Å²) >= 11 is 5.85. The monoisotopic (exact) mass is 279 g/mol. The Morgan fingerprint density at radius 1 is 1.37 bits per heavy atom. The highest BCUT2D eigenvalue weighted by Gasteiger charge is 2.12. The molecule has 6 nitrogen and oxygen atoms in total. The highest BCUT2D eigenvalue weighted by molar-refractivity contribution is 6.33. The van der Waals surface area contributed by atoms with Crippen LogP contribution in [-0.4, -0.2) is 26.5 Å². The van der Waals surface area contributed by atoms with E-state index in [-0.39, 0.29) is 18.1 Å². The van der Waals surface area contributed by atoms with Crippen molar-refractivity contribution in [2.75, 3.05) is 5.32 Å². The predicted molar refractivity (Wildman–Crippen MR) is 69.3 cm³/mol. The largest absolute Gasteiger partial charge is 0.477 e. The molecule has 2 rings (SSSR count). The number of carbonyl (C=O) groups excluding carboxylic acids is 1. The molecule has 2 N–H and O–H groups in total. The second kappa shape index (κ2) is 5.53. The summed E-state index contributed by atoms with van der Waals surface area (Å²) in [6.45, 7) is -0.123. The SMILES string of the molecule is O=C(Cn1cccc1C(=O)O)Nc1ncccc1Cl. The average Bonchev–Trinajstić information content (AvgIpc) is 2.80. The fourth-order valence-electron chi connectivity index (χ4n) is 1.55. The fourth-order valence-corrected chi connectivity index (χ4v) is 1.72. The molecule has 0 aliphatic rings. The van der Waals surface area contributed by atoms with Crippen molar-refractivity contribution in [2.45, 2.75) is 6.54 Å². The summed E-state index contributed by atoms with van der Waals surface area (Å²) in [7, 11) is 0. The van der Waals surface area contributed by atoms with E-state index >= 15 is 0 Å². The lowest BCUT2D eigenvalue weighted by Crippen LogP contribution is -2.21. The van der Waals surface area contributed by atoms with Gasteiger partial charge in [0.2, 0.25) is 5.91 Å². The van der Waals surface area contributed by atoms with Crippen LogP contribution in [0.2, 0.25) is 5.02 Å². The zero-order valence-corrected chi connectivity index (χ0v) is 10.5. The Balaban J connectivity index is 2.08. The van der Waals surface area contributed by atoms with Crippen molar-refractivity contribution in [2.24, 2.45) is 0 Å². The van der Waals surface area contributed by atoms with Crippen LogP contribution in [0, 0.1) is 0 Å². The Morgan fingerprint density at radius 2 is 2.16 bits per heavy atom. The van der Waals surface area contributed by atoms with Gasteiger partial charge in [0.25, 0.3) is 0 Å². The van der Waals surface area contributed by atoms with E-state index < -0.39 is 11.9 Å². The maximum atomic E-state index is 11.8. The first-order chi connectivity index (χ1) is 9.08. The molecule has 7 heteroatoms. The van der Waals surface area contributed by atoms with Gasteiger partial charge in [0, 0.05) is 12.4 Å². The molecule has 0 bridgehead atoms. The standard InChI is InChI=1S/C12H10ClN3O3/c13-8-3-1-5-14-11(8)15-10(17)7-16-6-2-4-9(16)12(18)19/h1-6H,7H2,(H,18,19)(H,14,15,17). The van der Waals surface area contributed by atoms with Gasteiger partial charge in [-0.2, -0.15) is 0 Å². The number of nitrogens with zero attached hydrogens (tertiary/aromatic N) is 2. The van der Waals surface area contributed by atoms with Crippen LogP contribution in [0.1, 0.15) is 10.5 Å². The van der Waals surface area contributed by atoms with Crippen molar-refractivity contribution < 1.29 is 14.7 Å². The summed E-state index contributed by atoms with van der Waals surface area (Å²) in [5.41, 5.74) is 0.0438. The topological polar surface area (TPSA) is 84.2 Å². The minimum absolute atomic E-state index is 0.0438. The van der Waals surface area contributed by atoms with Gasteiger partial charge in [-0.15, -0.1) is 0 Å². The van der Waals surface area contributed by atoms with Crippen molar-refractivity contribution in [3.8, 4) is 0 Å². The van der Waals surface area contributed by atoms with Crippen LogP contribution < -0.4 is 5.32 Å². The normalized spacial score (nSPS) is 10.2. The summed E-state index contributed by atoms with van der Waals surface area (Å²) in [6, 6.07) is 6.23. The molecule has 0 spiro atoms. The maximum absolute atomic E-state index is 11.8. The quantitative estimate of drug-likeness (QED) is 0.895. The molecular weight excluding hydrogens is 270 g/mol. The van der Waals surface area contributed by atoms with E-state index in [1.807, 2.05) is 0 Å². The first kappa shape index (κ1) is 13.1. The molecule has 0 unspecified atom stereocenters. The molecule has 1 amide bonds. The number of carboxylic acids is 1. The number of hydrogen-bond acceptors (Lipinski definition) is 3. The molecule has 2 heterocycles. The van der Waals surface area contributed by atoms with E-state index in [1.54, 1.807) is 18.2 Å². The van der Waals surface area contributed by atoms with Gasteiger partial charge >= 0.3 is 5.97 Å². The van der Waals surface area contributed by atoms with Crippen LogP contribution in [0.4, 0.5) is 5.82 Å². The molecule has 0 aromatic carbocycles. The second-order valence-corrected chi connectivity index (χ2v) is 4.12. The number of rotatable bonds is 4. The van der Waals surface area contributed by atoms with E-state index in [1.165, 1.54) is 23.0 Å². The van der Waals surface area contributed by atoms with Gasteiger partial charge < -0.3 is 15.0 Å². The summed E-state index contributed by atoms with van der Waals surface area (Å²) in [5, 5.41) is 11.8. The van der Waals surface area contributed by atoms with Gasteiger partial charge in [0.15, 0.2) is 5.82 Å². The number of aromatic carboxylic acids is 1. The van der Waals surface area contributed by atoms with Gasteiger partial charge in [-0.25, -0.2) is 9.78 Å². The third-order valence-corrected chi connectivity index (χ3v) is 2.68. The Labute approximate surface area is 113 Å². The van der Waals surface area contributed by atoms with Crippen LogP contribution in [0.25, 0.3) is 0 Å². The van der Waals surface area contributed by atoms with Crippen LogP contribution >= 0.6 is 11.6 Å². The number of pyridine rings is 1. The van der Waals surface area contributed by atoms with Crippen LogP contribution in [0.5, 0.6) is 0 Å². The predicted octanol–water partition coefficient (Wildman–Crippen LogP) is 1.87. The van der Waals surface area contributed by atoms with Crippen LogP contribution in [-0.2, 0) is 11.3 Å². The van der Waals surface area contributed by atoms with E-state index in [0.29, 0.717) is 5.02 Å². The minimum atomic E-state index is -1.09. The molecule has 2 aromatic rings. The highest BCUT2D eigenvalue weighted by atomic mass is 35.5. The molecule has 0 atom stereocenters. The smallest absolute Gasteiger partial charge is 0.352 e. The average molecular weight is 280 g/mol. The molecule has 0 saturated carbocycles. The summed E-state index contributed by atoms with van der Waals surface area (Å²) < 4.78 is 1.33. The summed E-state index contributed by atoms with van der Waals surface area (Å²) in [5.74, 6) is -1.24. The number of amides is 1. The summed E-state index contributed by atoms with van der Waals surface area (Å²) in [6.07, 6.45) is 3.02. The van der Waals surface area contributed by atoms with E-state index in [0.717, 1.165) is 0 Å². The maximum Gasteiger partial charge on any atom is 0.352 e. The van der Waals surface area contributed by atoms with Crippen LogP contribution in [0.15, 0.2) is 36.7 Å². The van der Waals surface area contributed by atoms with Crippen LogP contribution in [0.3, 0.4) is 0 Å². The van der Waals surface area contributed by atoms with Gasteiger partial charge in [0.05, 0.1) is 5.02 Å². The molecule has 2 aromatic heterocycles. The molecule has 19 heavy (non-hydrogen) atoms. The molecule has 0 aliphatic heterocycles. The third kappa shape index (κ3) is 3.11. The third-order valence-electron chi connectivity index (χ3n) is 2.38. The van der Waals surface area contributed by atoms with Gasteiger partial charge in [-0.05, 0) is 24.3 Å². The first-order valence-electron chi connectivity index (χ1n) is 5.36.